The highest BCUT2D eigenvalue weighted by Crippen LogP contribution is 2.27. The first-order chi connectivity index (χ1) is 9.24. The quantitative estimate of drug-likeness (QED) is 0.863. The van der Waals surface area contributed by atoms with Gasteiger partial charge in [0.2, 0.25) is 0 Å². The molecule has 19 heavy (non-hydrogen) atoms. The van der Waals surface area contributed by atoms with Gasteiger partial charge in [-0.3, -0.25) is 0 Å². The predicted octanol–water partition coefficient (Wildman–Crippen LogP) is 4.16. The van der Waals surface area contributed by atoms with Crippen molar-refractivity contribution in [2.75, 3.05) is 13.1 Å². The summed E-state index contributed by atoms with van der Waals surface area (Å²) in [7, 11) is 0. The van der Waals surface area contributed by atoms with Crippen molar-refractivity contribution >= 4 is 0 Å². The Labute approximate surface area is 115 Å². The summed E-state index contributed by atoms with van der Waals surface area (Å²) in [6.45, 7) is 6.71. The summed E-state index contributed by atoms with van der Waals surface area (Å²) in [6.07, 6.45) is 0. The first-order valence-corrected chi connectivity index (χ1v) is 7.15. The lowest BCUT2D eigenvalue weighted by molar-refractivity contribution is 0.448. The van der Waals surface area contributed by atoms with Crippen molar-refractivity contribution in [2.45, 2.75) is 25.7 Å². The fourth-order valence-corrected chi connectivity index (χ4v) is 2.56. The van der Waals surface area contributed by atoms with E-state index in [1.54, 1.807) is 0 Å². The number of nitrogens with one attached hydrogen (secondary N) is 1. The van der Waals surface area contributed by atoms with Gasteiger partial charge in [0.25, 0.3) is 0 Å². The lowest BCUT2D eigenvalue weighted by Gasteiger charge is -2.27. The van der Waals surface area contributed by atoms with Gasteiger partial charge in [0.15, 0.2) is 0 Å². The van der Waals surface area contributed by atoms with Gasteiger partial charge in [-0.15, -0.1) is 0 Å². The Morgan fingerprint density at radius 1 is 0.947 bits per heavy atom. The minimum absolute atomic E-state index is 0.599. The third-order valence-electron chi connectivity index (χ3n) is 4.05. The SMILES string of the molecule is CC(C)c1ccc(-c2cccc(C3CNC3)c2)cc1. The maximum atomic E-state index is 3.34. The maximum Gasteiger partial charge on any atom is 0.00887 e. The second kappa shape index (κ2) is 5.18. The van der Waals surface area contributed by atoms with Crippen LogP contribution >= 0.6 is 0 Å². The Morgan fingerprint density at radius 3 is 2.26 bits per heavy atom. The van der Waals surface area contributed by atoms with Crippen LogP contribution in [0.1, 0.15) is 36.8 Å². The molecule has 1 heterocycles. The fourth-order valence-electron chi connectivity index (χ4n) is 2.56. The molecule has 2 aromatic carbocycles. The van der Waals surface area contributed by atoms with Crippen LogP contribution in [0.5, 0.6) is 0 Å². The Balaban J connectivity index is 1.88. The standard InChI is InChI=1S/C18H21N/c1-13(2)14-6-8-15(9-7-14)16-4-3-5-17(10-16)18-11-19-12-18/h3-10,13,18-19H,11-12H2,1-2H3. The molecule has 1 aliphatic heterocycles. The van der Waals surface area contributed by atoms with Crippen LogP contribution in [0.4, 0.5) is 0 Å². The molecule has 0 unspecified atom stereocenters. The molecule has 1 saturated heterocycles. The Morgan fingerprint density at radius 2 is 1.68 bits per heavy atom. The van der Waals surface area contributed by atoms with Crippen molar-refractivity contribution in [1.29, 1.82) is 0 Å². The third kappa shape index (κ3) is 2.57. The van der Waals surface area contributed by atoms with Crippen molar-refractivity contribution in [1.82, 2.24) is 5.32 Å². The van der Waals surface area contributed by atoms with Crippen molar-refractivity contribution in [3.8, 4) is 11.1 Å². The molecule has 1 fully saturated rings. The smallest absolute Gasteiger partial charge is 0.00887 e. The van der Waals surface area contributed by atoms with Crippen LogP contribution in [0.15, 0.2) is 48.5 Å². The van der Waals surface area contributed by atoms with Crippen LogP contribution < -0.4 is 5.32 Å². The summed E-state index contributed by atoms with van der Waals surface area (Å²) in [4.78, 5) is 0. The van der Waals surface area contributed by atoms with E-state index >= 15 is 0 Å². The molecule has 1 nitrogen and oxygen atoms in total. The van der Waals surface area contributed by atoms with Crippen molar-refractivity contribution < 1.29 is 0 Å². The van der Waals surface area contributed by atoms with Crippen molar-refractivity contribution in [2.24, 2.45) is 0 Å². The zero-order valence-electron chi connectivity index (χ0n) is 11.7. The monoisotopic (exact) mass is 251 g/mol. The molecule has 0 radical (unpaired) electrons. The van der Waals surface area contributed by atoms with Crippen LogP contribution in [0.3, 0.4) is 0 Å². The van der Waals surface area contributed by atoms with E-state index in [1.807, 2.05) is 0 Å². The summed E-state index contributed by atoms with van der Waals surface area (Å²) in [5.41, 5.74) is 5.52. The zero-order valence-corrected chi connectivity index (χ0v) is 11.7. The van der Waals surface area contributed by atoms with Gasteiger partial charge in [-0.05, 0) is 28.2 Å². The van der Waals surface area contributed by atoms with Gasteiger partial charge < -0.3 is 5.32 Å². The van der Waals surface area contributed by atoms with E-state index in [0.29, 0.717) is 11.8 Å². The Hall–Kier alpha value is -1.60. The predicted molar refractivity (Wildman–Crippen MR) is 81.6 cm³/mol. The van der Waals surface area contributed by atoms with Gasteiger partial charge in [-0.2, -0.15) is 0 Å². The topological polar surface area (TPSA) is 12.0 Å². The van der Waals surface area contributed by atoms with Gasteiger partial charge in [0, 0.05) is 19.0 Å². The van der Waals surface area contributed by atoms with Gasteiger partial charge in [0.05, 0.1) is 0 Å². The molecular weight excluding hydrogens is 230 g/mol. The highest BCUT2D eigenvalue weighted by molar-refractivity contribution is 5.64. The normalized spacial score (nSPS) is 15.5. The molecule has 98 valence electrons. The Kier molecular flexibility index (Phi) is 3.39. The van der Waals surface area contributed by atoms with Gasteiger partial charge in [-0.25, -0.2) is 0 Å². The summed E-state index contributed by atoms with van der Waals surface area (Å²) in [5.74, 6) is 1.30. The molecule has 0 atom stereocenters. The fraction of sp³-hybridized carbons (Fsp3) is 0.333. The minimum Gasteiger partial charge on any atom is -0.315 e. The van der Waals surface area contributed by atoms with E-state index in [-0.39, 0.29) is 0 Å². The molecule has 3 rings (SSSR count). The number of hydrogen-bond acceptors (Lipinski definition) is 1. The van der Waals surface area contributed by atoms with Crippen LogP contribution in [-0.4, -0.2) is 13.1 Å². The summed E-state index contributed by atoms with van der Waals surface area (Å²) in [6, 6.07) is 18.0. The maximum absolute atomic E-state index is 3.34. The summed E-state index contributed by atoms with van der Waals surface area (Å²) in [5, 5.41) is 3.34. The molecule has 1 heteroatoms. The highest BCUT2D eigenvalue weighted by Gasteiger charge is 2.18. The zero-order chi connectivity index (χ0) is 13.2. The molecular formula is C18H21N. The average Bonchev–Trinajstić information content (AvgIpc) is 2.37. The summed E-state index contributed by atoms with van der Waals surface area (Å²) >= 11 is 0. The van der Waals surface area contributed by atoms with E-state index in [0.717, 1.165) is 13.1 Å². The van der Waals surface area contributed by atoms with E-state index in [1.165, 1.54) is 22.3 Å². The van der Waals surface area contributed by atoms with Crippen LogP contribution in [0, 0.1) is 0 Å². The molecule has 0 bridgehead atoms. The van der Waals surface area contributed by atoms with Gasteiger partial charge in [0.1, 0.15) is 0 Å². The second-order valence-electron chi connectivity index (χ2n) is 5.76. The lowest BCUT2D eigenvalue weighted by Crippen LogP contribution is -2.39. The van der Waals surface area contributed by atoms with E-state index in [4.69, 9.17) is 0 Å². The van der Waals surface area contributed by atoms with Crippen LogP contribution in [-0.2, 0) is 0 Å². The third-order valence-corrected chi connectivity index (χ3v) is 4.05. The van der Waals surface area contributed by atoms with E-state index in [2.05, 4.69) is 67.7 Å². The van der Waals surface area contributed by atoms with Gasteiger partial charge in [-0.1, -0.05) is 62.4 Å². The lowest BCUT2D eigenvalue weighted by atomic mass is 9.91. The molecule has 0 saturated carbocycles. The molecule has 0 aromatic heterocycles. The van der Waals surface area contributed by atoms with Crippen molar-refractivity contribution in [3.05, 3.63) is 59.7 Å². The molecule has 0 amide bonds. The molecule has 0 spiro atoms. The highest BCUT2D eigenvalue weighted by atomic mass is 14.9. The minimum atomic E-state index is 0.599. The Bertz CT molecular complexity index is 550. The number of rotatable bonds is 3. The molecule has 2 aromatic rings. The number of benzene rings is 2. The van der Waals surface area contributed by atoms with Crippen molar-refractivity contribution in [3.63, 3.8) is 0 Å². The first kappa shape index (κ1) is 12.4. The first-order valence-electron chi connectivity index (χ1n) is 7.15. The largest absolute Gasteiger partial charge is 0.315 e. The molecule has 0 aliphatic carbocycles. The van der Waals surface area contributed by atoms with E-state index in [9.17, 15) is 0 Å². The van der Waals surface area contributed by atoms with Crippen LogP contribution in [0.2, 0.25) is 0 Å². The number of hydrogen-bond donors (Lipinski definition) is 1. The van der Waals surface area contributed by atoms with Crippen LogP contribution in [0.25, 0.3) is 11.1 Å². The molecule has 1 N–H and O–H groups in total. The van der Waals surface area contributed by atoms with Gasteiger partial charge >= 0.3 is 0 Å². The van der Waals surface area contributed by atoms with E-state index < -0.39 is 0 Å². The molecule has 1 aliphatic rings. The second-order valence-corrected chi connectivity index (χ2v) is 5.76. The average molecular weight is 251 g/mol. The summed E-state index contributed by atoms with van der Waals surface area (Å²) < 4.78 is 0.